The summed E-state index contributed by atoms with van der Waals surface area (Å²) in [6.45, 7) is 3.44. The number of hydrogen-bond acceptors (Lipinski definition) is 3. The van der Waals surface area contributed by atoms with Crippen molar-refractivity contribution in [3.05, 3.63) is 59.9 Å². The summed E-state index contributed by atoms with van der Waals surface area (Å²) in [5.41, 5.74) is 3.19. The van der Waals surface area contributed by atoms with E-state index in [0.717, 1.165) is 30.9 Å². The molecule has 2 aromatic rings. The monoisotopic (exact) mass is 393 g/mol. The third-order valence-electron chi connectivity index (χ3n) is 6.36. The van der Waals surface area contributed by atoms with E-state index in [2.05, 4.69) is 11.0 Å². The fraction of sp³-hybridized carbons (Fsp3) is 0.391. The molecule has 2 aliphatic heterocycles. The SMILES string of the molecule is O=C(C1CC1C(=O)N1CCc2ccccc21)N1CCN(c2ccc(F)cc2)CC1. The average Bonchev–Trinajstić information content (AvgIpc) is 3.45. The number of fused-ring (bicyclic) bond motifs is 1. The standard InChI is InChI=1S/C23H24FN3O2/c24-17-5-7-18(8-6-17)25-11-13-26(14-12-25)22(28)19-15-20(19)23(29)27-10-9-16-3-1-2-4-21(16)27/h1-8,19-20H,9-15H2. The highest BCUT2D eigenvalue weighted by atomic mass is 19.1. The van der Waals surface area contributed by atoms with E-state index in [4.69, 9.17) is 0 Å². The van der Waals surface area contributed by atoms with Crippen LogP contribution in [0.15, 0.2) is 48.5 Å². The number of piperazine rings is 1. The summed E-state index contributed by atoms with van der Waals surface area (Å²) in [5.74, 6) is -0.392. The maximum atomic E-state index is 13.1. The van der Waals surface area contributed by atoms with Crippen LogP contribution in [0.3, 0.4) is 0 Å². The average molecular weight is 393 g/mol. The Morgan fingerprint density at radius 2 is 1.52 bits per heavy atom. The van der Waals surface area contributed by atoms with E-state index in [9.17, 15) is 14.0 Å². The van der Waals surface area contributed by atoms with Crippen molar-refractivity contribution in [2.24, 2.45) is 11.8 Å². The first-order chi connectivity index (χ1) is 14.1. The molecule has 2 aromatic carbocycles. The summed E-state index contributed by atoms with van der Waals surface area (Å²) in [4.78, 5) is 31.8. The van der Waals surface area contributed by atoms with Crippen molar-refractivity contribution in [1.82, 2.24) is 4.90 Å². The molecule has 0 N–H and O–H groups in total. The van der Waals surface area contributed by atoms with Crippen molar-refractivity contribution < 1.29 is 14.0 Å². The van der Waals surface area contributed by atoms with Crippen molar-refractivity contribution in [2.75, 3.05) is 42.5 Å². The lowest BCUT2D eigenvalue weighted by atomic mass is 10.2. The number of nitrogens with zero attached hydrogens (tertiary/aromatic N) is 3. The van der Waals surface area contributed by atoms with Gasteiger partial charge in [-0.1, -0.05) is 18.2 Å². The predicted molar refractivity (Wildman–Crippen MR) is 109 cm³/mol. The molecule has 2 atom stereocenters. The van der Waals surface area contributed by atoms with Crippen LogP contribution in [0.2, 0.25) is 0 Å². The molecule has 0 aromatic heterocycles. The third-order valence-corrected chi connectivity index (χ3v) is 6.36. The number of halogens is 1. The Morgan fingerprint density at radius 3 is 2.28 bits per heavy atom. The van der Waals surface area contributed by atoms with E-state index >= 15 is 0 Å². The molecule has 0 bridgehead atoms. The molecule has 5 rings (SSSR count). The number of anilines is 2. The second-order valence-corrected chi connectivity index (χ2v) is 8.11. The Morgan fingerprint density at radius 1 is 0.828 bits per heavy atom. The van der Waals surface area contributed by atoms with Gasteiger partial charge in [0.1, 0.15) is 5.82 Å². The largest absolute Gasteiger partial charge is 0.368 e. The van der Waals surface area contributed by atoms with E-state index in [1.165, 1.54) is 17.7 Å². The highest BCUT2D eigenvalue weighted by Gasteiger charge is 2.51. The zero-order chi connectivity index (χ0) is 20.0. The van der Waals surface area contributed by atoms with Gasteiger partial charge < -0.3 is 14.7 Å². The summed E-state index contributed by atoms with van der Waals surface area (Å²) in [6, 6.07) is 14.5. The molecule has 2 amide bonds. The third kappa shape index (κ3) is 3.37. The number of benzene rings is 2. The molecule has 1 saturated carbocycles. The molecule has 2 fully saturated rings. The summed E-state index contributed by atoms with van der Waals surface area (Å²) in [5, 5.41) is 0. The Labute approximate surface area is 169 Å². The van der Waals surface area contributed by atoms with Crippen LogP contribution >= 0.6 is 0 Å². The van der Waals surface area contributed by atoms with Gasteiger partial charge in [-0.3, -0.25) is 9.59 Å². The summed E-state index contributed by atoms with van der Waals surface area (Å²) >= 11 is 0. The van der Waals surface area contributed by atoms with Crippen molar-refractivity contribution in [3.63, 3.8) is 0 Å². The van der Waals surface area contributed by atoms with Gasteiger partial charge >= 0.3 is 0 Å². The number of carbonyl (C=O) groups is 2. The Kier molecular flexibility index (Phi) is 4.49. The van der Waals surface area contributed by atoms with E-state index in [0.29, 0.717) is 26.1 Å². The van der Waals surface area contributed by atoms with Gasteiger partial charge in [0.25, 0.3) is 0 Å². The summed E-state index contributed by atoms with van der Waals surface area (Å²) in [6.07, 6.45) is 1.55. The molecule has 29 heavy (non-hydrogen) atoms. The summed E-state index contributed by atoms with van der Waals surface area (Å²) in [7, 11) is 0. The topological polar surface area (TPSA) is 43.9 Å². The quantitative estimate of drug-likeness (QED) is 0.805. The molecule has 150 valence electrons. The fourth-order valence-corrected chi connectivity index (χ4v) is 4.58. The molecule has 2 unspecified atom stereocenters. The van der Waals surface area contributed by atoms with Crippen LogP contribution in [0.4, 0.5) is 15.8 Å². The van der Waals surface area contributed by atoms with Crippen LogP contribution in [-0.4, -0.2) is 49.4 Å². The molecule has 1 aliphatic carbocycles. The number of carbonyl (C=O) groups excluding carboxylic acids is 2. The molecule has 6 heteroatoms. The van der Waals surface area contributed by atoms with Crippen LogP contribution in [0, 0.1) is 17.7 Å². The van der Waals surface area contributed by atoms with Crippen molar-refractivity contribution in [1.29, 1.82) is 0 Å². The minimum atomic E-state index is -0.243. The number of amides is 2. The maximum Gasteiger partial charge on any atom is 0.230 e. The van der Waals surface area contributed by atoms with E-state index in [1.54, 1.807) is 12.1 Å². The van der Waals surface area contributed by atoms with Gasteiger partial charge in [-0.25, -0.2) is 4.39 Å². The smallest absolute Gasteiger partial charge is 0.230 e. The van der Waals surface area contributed by atoms with Crippen molar-refractivity contribution in [2.45, 2.75) is 12.8 Å². The number of hydrogen-bond donors (Lipinski definition) is 0. The van der Waals surface area contributed by atoms with Crippen molar-refractivity contribution in [3.8, 4) is 0 Å². The van der Waals surface area contributed by atoms with Gasteiger partial charge in [-0.15, -0.1) is 0 Å². The van der Waals surface area contributed by atoms with Crippen molar-refractivity contribution >= 4 is 23.2 Å². The van der Waals surface area contributed by atoms with Gasteiger partial charge in [0.05, 0.1) is 11.8 Å². The highest BCUT2D eigenvalue weighted by Crippen LogP contribution is 2.43. The Hall–Kier alpha value is -2.89. The molecular weight excluding hydrogens is 369 g/mol. The molecule has 5 nitrogen and oxygen atoms in total. The van der Waals surface area contributed by atoms with Gasteiger partial charge in [0, 0.05) is 44.1 Å². The second kappa shape index (κ2) is 7.17. The van der Waals surface area contributed by atoms with Crippen LogP contribution in [0.1, 0.15) is 12.0 Å². The molecule has 3 aliphatic rings. The molecule has 1 saturated heterocycles. The first kappa shape index (κ1) is 18.2. The molecule has 0 radical (unpaired) electrons. The lowest BCUT2D eigenvalue weighted by molar-refractivity contribution is -0.134. The Balaban J connectivity index is 1.17. The fourth-order valence-electron chi connectivity index (χ4n) is 4.58. The zero-order valence-corrected chi connectivity index (χ0v) is 16.3. The second-order valence-electron chi connectivity index (χ2n) is 8.11. The van der Waals surface area contributed by atoms with Crippen LogP contribution in [0.25, 0.3) is 0 Å². The van der Waals surface area contributed by atoms with Gasteiger partial charge in [-0.2, -0.15) is 0 Å². The van der Waals surface area contributed by atoms with E-state index in [-0.39, 0.29) is 29.5 Å². The minimum Gasteiger partial charge on any atom is -0.368 e. The molecular formula is C23H24FN3O2. The van der Waals surface area contributed by atoms with Gasteiger partial charge in [0.2, 0.25) is 11.8 Å². The van der Waals surface area contributed by atoms with Crippen LogP contribution < -0.4 is 9.80 Å². The van der Waals surface area contributed by atoms with Crippen LogP contribution in [0.5, 0.6) is 0 Å². The van der Waals surface area contributed by atoms with Gasteiger partial charge in [-0.05, 0) is 48.7 Å². The van der Waals surface area contributed by atoms with E-state index in [1.807, 2.05) is 28.0 Å². The van der Waals surface area contributed by atoms with Gasteiger partial charge in [0.15, 0.2) is 0 Å². The predicted octanol–water partition coefficient (Wildman–Crippen LogP) is 2.70. The van der Waals surface area contributed by atoms with Crippen LogP contribution in [-0.2, 0) is 16.0 Å². The lowest BCUT2D eigenvalue weighted by Crippen LogP contribution is -2.49. The highest BCUT2D eigenvalue weighted by molar-refractivity contribution is 6.02. The number of para-hydroxylation sites is 1. The first-order valence-corrected chi connectivity index (χ1v) is 10.3. The summed E-state index contributed by atoms with van der Waals surface area (Å²) < 4.78 is 13.1. The minimum absolute atomic E-state index is 0.0956. The first-order valence-electron chi connectivity index (χ1n) is 10.3. The lowest BCUT2D eigenvalue weighted by Gasteiger charge is -2.36. The normalized spacial score (nSPS) is 23.1. The number of rotatable bonds is 3. The molecule has 0 spiro atoms. The Bertz CT molecular complexity index is 937. The molecule has 2 heterocycles. The van der Waals surface area contributed by atoms with E-state index < -0.39 is 0 Å². The zero-order valence-electron chi connectivity index (χ0n) is 16.3. The maximum absolute atomic E-state index is 13.1.